The molecule has 5 nitrogen and oxygen atoms in total. The van der Waals surface area contributed by atoms with Gasteiger partial charge in [0, 0.05) is 13.0 Å². The highest BCUT2D eigenvalue weighted by atomic mass is 32.2. The van der Waals surface area contributed by atoms with Crippen LogP contribution in [0.3, 0.4) is 0 Å². The summed E-state index contributed by atoms with van der Waals surface area (Å²) in [6.07, 6.45) is 2.67. The van der Waals surface area contributed by atoms with Gasteiger partial charge in [-0.1, -0.05) is 13.3 Å². The summed E-state index contributed by atoms with van der Waals surface area (Å²) in [5.41, 5.74) is 0. The summed E-state index contributed by atoms with van der Waals surface area (Å²) >= 11 is 0. The van der Waals surface area contributed by atoms with E-state index in [1.54, 1.807) is 0 Å². The molecule has 1 atom stereocenters. The molecule has 0 aliphatic heterocycles. The van der Waals surface area contributed by atoms with Gasteiger partial charge in [0.05, 0.1) is 5.75 Å². The summed E-state index contributed by atoms with van der Waals surface area (Å²) in [5, 5.41) is 8.62. The summed E-state index contributed by atoms with van der Waals surface area (Å²) in [6.45, 7) is 2.10. The first-order valence-corrected chi connectivity index (χ1v) is 7.27. The van der Waals surface area contributed by atoms with Gasteiger partial charge in [-0.2, -0.15) is 0 Å². The molecule has 0 bridgehead atoms. The molecule has 0 aromatic carbocycles. The number of carboxylic acids is 1. The highest BCUT2D eigenvalue weighted by molar-refractivity contribution is 7.89. The SMILES string of the molecule is CCC(CNS(=O)(=O)CC1CC1)CC(=O)O. The van der Waals surface area contributed by atoms with Crippen molar-refractivity contribution in [2.24, 2.45) is 11.8 Å². The van der Waals surface area contributed by atoms with Crippen LogP contribution in [-0.2, 0) is 14.8 Å². The molecule has 0 heterocycles. The average Bonchev–Trinajstić information content (AvgIpc) is 2.94. The second-order valence-corrected chi connectivity index (χ2v) is 6.30. The van der Waals surface area contributed by atoms with E-state index in [1.165, 1.54) is 0 Å². The zero-order valence-electron chi connectivity index (χ0n) is 9.48. The lowest BCUT2D eigenvalue weighted by Crippen LogP contribution is -2.32. The summed E-state index contributed by atoms with van der Waals surface area (Å²) in [7, 11) is -3.20. The summed E-state index contributed by atoms with van der Waals surface area (Å²) in [5.74, 6) is -0.493. The molecule has 0 amide bonds. The zero-order valence-corrected chi connectivity index (χ0v) is 10.3. The Kier molecular flexibility index (Phi) is 4.73. The van der Waals surface area contributed by atoms with Gasteiger partial charge in [-0.25, -0.2) is 13.1 Å². The van der Waals surface area contributed by atoms with E-state index in [-0.39, 0.29) is 24.6 Å². The maximum Gasteiger partial charge on any atom is 0.303 e. The number of carbonyl (C=O) groups is 1. The van der Waals surface area contributed by atoms with Crippen molar-refractivity contribution in [2.75, 3.05) is 12.3 Å². The van der Waals surface area contributed by atoms with Crippen LogP contribution >= 0.6 is 0 Å². The van der Waals surface area contributed by atoms with Crippen molar-refractivity contribution in [3.8, 4) is 0 Å². The maximum absolute atomic E-state index is 11.5. The van der Waals surface area contributed by atoms with Gasteiger partial charge in [-0.05, 0) is 24.7 Å². The number of rotatable bonds is 8. The molecule has 0 aromatic rings. The van der Waals surface area contributed by atoms with E-state index >= 15 is 0 Å². The van der Waals surface area contributed by atoms with Gasteiger partial charge in [0.2, 0.25) is 10.0 Å². The summed E-state index contributed by atoms with van der Waals surface area (Å²) < 4.78 is 25.6. The van der Waals surface area contributed by atoms with E-state index in [9.17, 15) is 13.2 Å². The van der Waals surface area contributed by atoms with Gasteiger partial charge >= 0.3 is 5.97 Å². The number of aliphatic carboxylic acids is 1. The van der Waals surface area contributed by atoms with Gasteiger partial charge in [0.25, 0.3) is 0 Å². The first kappa shape index (κ1) is 13.4. The van der Waals surface area contributed by atoms with Crippen molar-refractivity contribution in [3.63, 3.8) is 0 Å². The molecule has 1 aliphatic rings. The van der Waals surface area contributed by atoms with Crippen LogP contribution in [0.25, 0.3) is 0 Å². The Morgan fingerprint density at radius 3 is 2.56 bits per heavy atom. The molecule has 1 aliphatic carbocycles. The number of sulfonamides is 1. The van der Waals surface area contributed by atoms with E-state index in [0.717, 1.165) is 12.8 Å². The van der Waals surface area contributed by atoms with Crippen molar-refractivity contribution in [1.29, 1.82) is 0 Å². The van der Waals surface area contributed by atoms with Gasteiger partial charge in [-0.15, -0.1) is 0 Å². The van der Waals surface area contributed by atoms with Crippen LogP contribution in [0.1, 0.15) is 32.6 Å². The number of hydrogen-bond donors (Lipinski definition) is 2. The van der Waals surface area contributed by atoms with Crippen LogP contribution in [0.15, 0.2) is 0 Å². The van der Waals surface area contributed by atoms with E-state index in [1.807, 2.05) is 6.92 Å². The van der Waals surface area contributed by atoms with Crippen LogP contribution in [0.4, 0.5) is 0 Å². The summed E-state index contributed by atoms with van der Waals surface area (Å²) in [6, 6.07) is 0. The van der Waals surface area contributed by atoms with Gasteiger partial charge < -0.3 is 5.11 Å². The Bertz CT molecular complexity index is 335. The van der Waals surface area contributed by atoms with Crippen molar-refractivity contribution >= 4 is 16.0 Å². The van der Waals surface area contributed by atoms with Gasteiger partial charge in [-0.3, -0.25) is 4.79 Å². The topological polar surface area (TPSA) is 83.5 Å². The van der Waals surface area contributed by atoms with Crippen molar-refractivity contribution in [3.05, 3.63) is 0 Å². The van der Waals surface area contributed by atoms with E-state index < -0.39 is 16.0 Å². The molecule has 6 heteroatoms. The lowest BCUT2D eigenvalue weighted by atomic mass is 10.0. The van der Waals surface area contributed by atoms with Crippen LogP contribution in [0.5, 0.6) is 0 Å². The second kappa shape index (κ2) is 5.63. The third-order valence-electron chi connectivity index (χ3n) is 2.78. The lowest BCUT2D eigenvalue weighted by Gasteiger charge is -2.13. The van der Waals surface area contributed by atoms with Gasteiger partial charge in [0.1, 0.15) is 0 Å². The van der Waals surface area contributed by atoms with E-state index in [2.05, 4.69) is 4.72 Å². The molecule has 1 saturated carbocycles. The quantitative estimate of drug-likeness (QED) is 0.667. The van der Waals surface area contributed by atoms with E-state index in [4.69, 9.17) is 5.11 Å². The Hall–Kier alpha value is -0.620. The highest BCUT2D eigenvalue weighted by Gasteiger charge is 2.28. The third kappa shape index (κ3) is 5.46. The van der Waals surface area contributed by atoms with Crippen molar-refractivity contribution in [1.82, 2.24) is 4.72 Å². The number of nitrogens with one attached hydrogen (secondary N) is 1. The number of hydrogen-bond acceptors (Lipinski definition) is 3. The second-order valence-electron chi connectivity index (χ2n) is 4.45. The monoisotopic (exact) mass is 249 g/mol. The van der Waals surface area contributed by atoms with Crippen LogP contribution in [0.2, 0.25) is 0 Å². The molecule has 0 spiro atoms. The minimum Gasteiger partial charge on any atom is -0.481 e. The van der Waals surface area contributed by atoms with Gasteiger partial charge in [0.15, 0.2) is 0 Å². The average molecular weight is 249 g/mol. The highest BCUT2D eigenvalue weighted by Crippen LogP contribution is 2.29. The molecule has 16 heavy (non-hydrogen) atoms. The Balaban J connectivity index is 2.32. The molecule has 94 valence electrons. The zero-order chi connectivity index (χ0) is 12.2. The fourth-order valence-electron chi connectivity index (χ4n) is 1.51. The molecule has 1 fully saturated rings. The largest absolute Gasteiger partial charge is 0.481 e. The Morgan fingerprint density at radius 2 is 2.12 bits per heavy atom. The molecule has 1 unspecified atom stereocenters. The molecule has 0 saturated heterocycles. The third-order valence-corrected chi connectivity index (χ3v) is 4.30. The minimum atomic E-state index is -3.20. The molecule has 0 radical (unpaired) electrons. The predicted molar refractivity (Wildman–Crippen MR) is 60.5 cm³/mol. The Morgan fingerprint density at radius 1 is 1.50 bits per heavy atom. The predicted octanol–water partition coefficient (Wildman–Crippen LogP) is 0.817. The van der Waals surface area contributed by atoms with Crippen LogP contribution < -0.4 is 4.72 Å². The van der Waals surface area contributed by atoms with Crippen molar-refractivity contribution < 1.29 is 18.3 Å². The standard InChI is InChI=1S/C10H19NO4S/c1-2-8(5-10(12)13)6-11-16(14,15)7-9-3-4-9/h8-9,11H,2-7H2,1H3,(H,12,13). The fourth-order valence-corrected chi connectivity index (χ4v) is 3.07. The van der Waals surface area contributed by atoms with Crippen molar-refractivity contribution in [2.45, 2.75) is 32.6 Å². The number of carboxylic acid groups (broad SMARTS) is 1. The van der Waals surface area contributed by atoms with Crippen LogP contribution in [-0.4, -0.2) is 31.8 Å². The molecular weight excluding hydrogens is 230 g/mol. The Labute approximate surface area is 96.3 Å². The molecule has 0 aromatic heterocycles. The lowest BCUT2D eigenvalue weighted by molar-refractivity contribution is -0.138. The molecular formula is C10H19NO4S. The normalized spacial score (nSPS) is 18.3. The first-order chi connectivity index (χ1) is 7.43. The maximum atomic E-state index is 11.5. The minimum absolute atomic E-state index is 0.0163. The molecule has 2 N–H and O–H groups in total. The van der Waals surface area contributed by atoms with E-state index in [0.29, 0.717) is 12.3 Å². The summed E-state index contributed by atoms with van der Waals surface area (Å²) in [4.78, 5) is 10.5. The fraction of sp³-hybridized carbons (Fsp3) is 0.900. The molecule has 1 rings (SSSR count). The first-order valence-electron chi connectivity index (χ1n) is 5.62. The smallest absolute Gasteiger partial charge is 0.303 e. The van der Waals surface area contributed by atoms with Crippen LogP contribution in [0, 0.1) is 11.8 Å².